The largest absolute Gasteiger partial charge is 0.493 e. The molecule has 0 fully saturated rings. The third-order valence-electron chi connectivity index (χ3n) is 6.98. The first-order valence-electron chi connectivity index (χ1n) is 13.7. The molecule has 0 unspecified atom stereocenters. The summed E-state index contributed by atoms with van der Waals surface area (Å²) in [4.78, 5) is 44.2. The number of rotatable bonds is 9. The van der Waals surface area contributed by atoms with Crippen LogP contribution < -0.4 is 33.8 Å². The van der Waals surface area contributed by atoms with E-state index >= 15 is 0 Å². The third-order valence-corrected chi connectivity index (χ3v) is 8.76. The van der Waals surface area contributed by atoms with Gasteiger partial charge in [0.2, 0.25) is 6.79 Å². The van der Waals surface area contributed by atoms with Crippen LogP contribution in [-0.4, -0.2) is 48.7 Å². The topological polar surface area (TPSA) is 135 Å². The Balaban J connectivity index is 1.57. The molecule has 0 aliphatic carbocycles. The summed E-state index contributed by atoms with van der Waals surface area (Å²) in [5, 5.41) is 9.05. The second kappa shape index (κ2) is 12.8. The van der Waals surface area contributed by atoms with Gasteiger partial charge in [-0.3, -0.25) is 9.36 Å². The summed E-state index contributed by atoms with van der Waals surface area (Å²) in [6, 6.07) is 17.1. The monoisotopic (exact) mass is 740 g/mol. The number of methoxy groups -OCH3 is 1. The smallest absolute Gasteiger partial charge is 0.341 e. The van der Waals surface area contributed by atoms with Crippen LogP contribution in [0.3, 0.4) is 0 Å². The van der Waals surface area contributed by atoms with Gasteiger partial charge < -0.3 is 28.8 Å². The Hall–Kier alpha value is -4.63. The van der Waals surface area contributed by atoms with Gasteiger partial charge in [0.15, 0.2) is 34.4 Å². The Bertz CT molecular complexity index is 2040. The van der Waals surface area contributed by atoms with Gasteiger partial charge >= 0.3 is 11.9 Å². The molecule has 1 aromatic heterocycles. The zero-order valence-corrected chi connectivity index (χ0v) is 26.9. The number of hydrogen-bond acceptors (Lipinski definition) is 10. The Morgan fingerprint density at radius 2 is 1.91 bits per heavy atom. The summed E-state index contributed by atoms with van der Waals surface area (Å²) in [7, 11) is 1.45. The highest BCUT2D eigenvalue weighted by atomic mass is 127. The summed E-state index contributed by atoms with van der Waals surface area (Å²) < 4.78 is 30.0. The fourth-order valence-electron chi connectivity index (χ4n) is 5.09. The number of fused-ring (bicyclic) bond motifs is 2. The average molecular weight is 741 g/mol. The van der Waals surface area contributed by atoms with Crippen molar-refractivity contribution in [2.75, 3.05) is 27.1 Å². The minimum Gasteiger partial charge on any atom is -0.493 e. The van der Waals surface area contributed by atoms with Gasteiger partial charge in [0, 0.05) is 5.56 Å². The van der Waals surface area contributed by atoms with Gasteiger partial charge in [-0.15, -0.1) is 0 Å². The quantitative estimate of drug-likeness (QED) is 0.201. The number of carbonyl (C=O) groups is 2. The number of thiazole rings is 1. The van der Waals surface area contributed by atoms with Crippen molar-refractivity contribution < 1.29 is 38.4 Å². The first kappa shape index (κ1) is 30.4. The number of halogens is 1. The maximum atomic E-state index is 14.2. The van der Waals surface area contributed by atoms with Gasteiger partial charge in [0.1, 0.15) is 0 Å². The predicted octanol–water partition coefficient (Wildman–Crippen LogP) is 3.74. The molecular formula is C32H25IN2O9S. The second-order valence-electron chi connectivity index (χ2n) is 9.76. The zero-order valence-electron chi connectivity index (χ0n) is 23.9. The number of benzene rings is 3. The van der Waals surface area contributed by atoms with Crippen molar-refractivity contribution in [3.63, 3.8) is 0 Å². The molecule has 0 saturated carbocycles. The van der Waals surface area contributed by atoms with Crippen LogP contribution in [0.1, 0.15) is 29.7 Å². The molecule has 230 valence electrons. The highest BCUT2D eigenvalue weighted by molar-refractivity contribution is 14.1. The van der Waals surface area contributed by atoms with Gasteiger partial charge in [-0.25, -0.2) is 14.6 Å². The van der Waals surface area contributed by atoms with Crippen LogP contribution in [0.5, 0.6) is 23.0 Å². The van der Waals surface area contributed by atoms with Crippen LogP contribution in [0.25, 0.3) is 11.8 Å². The predicted molar refractivity (Wildman–Crippen MR) is 172 cm³/mol. The number of aromatic nitrogens is 1. The summed E-state index contributed by atoms with van der Waals surface area (Å²) in [6.45, 7) is 1.39. The van der Waals surface area contributed by atoms with Crippen molar-refractivity contribution >= 4 is 57.6 Å². The molecule has 0 bridgehead atoms. The molecule has 11 nitrogen and oxygen atoms in total. The molecule has 1 N–H and O–H groups in total. The van der Waals surface area contributed by atoms with Gasteiger partial charge in [-0.05, 0) is 71.0 Å². The Labute approximate surface area is 273 Å². The normalized spacial score (nSPS) is 15.4. The van der Waals surface area contributed by atoms with Crippen molar-refractivity contribution in [3.05, 3.63) is 106 Å². The number of carboxylic acids is 1. The first-order valence-corrected chi connectivity index (χ1v) is 15.6. The van der Waals surface area contributed by atoms with E-state index in [-0.39, 0.29) is 30.3 Å². The molecule has 1 atom stereocenters. The molecule has 6 rings (SSSR count). The minimum atomic E-state index is -1.12. The lowest BCUT2D eigenvalue weighted by Crippen LogP contribution is -2.40. The van der Waals surface area contributed by atoms with Crippen molar-refractivity contribution in [2.45, 2.75) is 13.0 Å². The highest BCUT2D eigenvalue weighted by Gasteiger charge is 2.36. The summed E-state index contributed by atoms with van der Waals surface area (Å²) in [5.74, 6) is -0.0383. The van der Waals surface area contributed by atoms with E-state index < -0.39 is 24.6 Å². The zero-order chi connectivity index (χ0) is 31.7. The standard InChI is InChI=1S/C32H25IN2O9S/c1-3-41-31(39)26-27(18-7-5-4-6-8-18)34-32-35(28(26)19-9-10-21-22(14-19)44-16-43-21)30(38)24(45-32)13-17-11-20(33)29(23(12-17)40-2)42-15-25(36)37/h4-14,28H,3,15-16H2,1-2H3,(H,36,37)/b24-13-/t28-/m0/s1. The van der Waals surface area contributed by atoms with E-state index in [9.17, 15) is 14.4 Å². The molecule has 3 heterocycles. The van der Waals surface area contributed by atoms with Gasteiger partial charge in [0.25, 0.3) is 5.56 Å². The number of aliphatic carboxylic acids is 1. The van der Waals surface area contributed by atoms with Crippen LogP contribution in [0.2, 0.25) is 0 Å². The molecule has 3 aromatic carbocycles. The van der Waals surface area contributed by atoms with E-state index in [1.165, 1.54) is 23.0 Å². The lowest BCUT2D eigenvalue weighted by Gasteiger charge is -2.26. The number of ether oxygens (including phenoxy) is 5. The van der Waals surface area contributed by atoms with Gasteiger partial charge in [0.05, 0.1) is 39.1 Å². The van der Waals surface area contributed by atoms with Gasteiger partial charge in [-0.2, -0.15) is 0 Å². The van der Waals surface area contributed by atoms with Crippen LogP contribution in [0, 0.1) is 3.57 Å². The number of carboxylic acid groups (broad SMARTS) is 1. The first-order chi connectivity index (χ1) is 21.8. The molecule has 0 radical (unpaired) electrons. The Morgan fingerprint density at radius 3 is 2.64 bits per heavy atom. The van der Waals surface area contributed by atoms with Crippen molar-refractivity contribution in [3.8, 4) is 23.0 Å². The number of hydrogen-bond donors (Lipinski definition) is 1. The van der Waals surface area contributed by atoms with Crippen molar-refractivity contribution in [1.82, 2.24) is 4.57 Å². The van der Waals surface area contributed by atoms with E-state index in [0.29, 0.717) is 52.5 Å². The summed E-state index contributed by atoms with van der Waals surface area (Å²) >= 11 is 3.20. The fraction of sp³-hybridized carbons (Fsp3) is 0.188. The van der Waals surface area contributed by atoms with Gasteiger partial charge in [-0.1, -0.05) is 47.7 Å². The summed E-state index contributed by atoms with van der Waals surface area (Å²) in [6.07, 6.45) is 1.70. The molecule has 2 aliphatic heterocycles. The molecule has 45 heavy (non-hydrogen) atoms. The van der Waals surface area contributed by atoms with Crippen LogP contribution in [0.15, 0.2) is 76.0 Å². The molecule has 13 heteroatoms. The lowest BCUT2D eigenvalue weighted by atomic mass is 9.93. The Morgan fingerprint density at radius 1 is 1.13 bits per heavy atom. The van der Waals surface area contributed by atoms with Crippen LogP contribution in [-0.2, 0) is 14.3 Å². The summed E-state index contributed by atoms with van der Waals surface area (Å²) in [5.41, 5.74) is 2.19. The highest BCUT2D eigenvalue weighted by Crippen LogP contribution is 2.40. The minimum absolute atomic E-state index is 0.0692. The fourth-order valence-corrected chi connectivity index (χ4v) is 6.87. The number of nitrogens with zero attached hydrogens (tertiary/aromatic N) is 2. The molecular weight excluding hydrogens is 715 g/mol. The molecule has 0 amide bonds. The SMILES string of the molecule is CCOC(=O)C1=C(c2ccccc2)N=c2s/c(=C\c3cc(I)c(OCC(=O)O)c(OC)c3)c(=O)n2[C@H]1c1ccc2c(c1)OCO2. The molecule has 4 aromatic rings. The average Bonchev–Trinajstić information content (AvgIpc) is 3.63. The third kappa shape index (κ3) is 5.92. The Kier molecular flexibility index (Phi) is 8.63. The van der Waals surface area contributed by atoms with E-state index in [4.69, 9.17) is 33.8 Å². The second-order valence-corrected chi connectivity index (χ2v) is 11.9. The molecule has 0 spiro atoms. The van der Waals surface area contributed by atoms with E-state index in [0.717, 1.165) is 0 Å². The van der Waals surface area contributed by atoms with Crippen LogP contribution in [0.4, 0.5) is 0 Å². The van der Waals surface area contributed by atoms with Crippen molar-refractivity contribution in [2.24, 2.45) is 4.99 Å². The van der Waals surface area contributed by atoms with E-state index in [2.05, 4.69) is 0 Å². The van der Waals surface area contributed by atoms with Crippen molar-refractivity contribution in [1.29, 1.82) is 0 Å². The number of esters is 1. The molecule has 2 aliphatic rings. The lowest BCUT2D eigenvalue weighted by molar-refractivity contribution is -0.140. The molecule has 0 saturated heterocycles. The number of carbonyl (C=O) groups excluding carboxylic acids is 1. The van der Waals surface area contributed by atoms with E-state index in [1.807, 2.05) is 52.9 Å². The van der Waals surface area contributed by atoms with E-state index in [1.54, 1.807) is 43.3 Å². The maximum Gasteiger partial charge on any atom is 0.341 e. The maximum absolute atomic E-state index is 14.2. The van der Waals surface area contributed by atoms with Crippen LogP contribution >= 0.6 is 33.9 Å².